The van der Waals surface area contributed by atoms with E-state index in [1.807, 2.05) is 24.3 Å². The van der Waals surface area contributed by atoms with Crippen LogP contribution in [0, 0.1) is 6.92 Å². The molecule has 1 N–H and O–H groups in total. The minimum absolute atomic E-state index is 0.0354. The average molecular weight is 347 g/mol. The first-order valence-corrected chi connectivity index (χ1v) is 8.49. The van der Waals surface area contributed by atoms with E-state index in [2.05, 4.69) is 51.4 Å². The highest BCUT2D eigenvalue weighted by Crippen LogP contribution is 2.24. The van der Waals surface area contributed by atoms with Crippen LogP contribution >= 0.6 is 0 Å². The van der Waals surface area contributed by atoms with Crippen molar-refractivity contribution >= 4 is 28.9 Å². The molecular formula is C20H21N5O. The van der Waals surface area contributed by atoms with Gasteiger partial charge in [-0.1, -0.05) is 12.1 Å². The Morgan fingerprint density at radius 3 is 2.58 bits per heavy atom. The minimum atomic E-state index is 0.0354. The highest BCUT2D eigenvalue weighted by molar-refractivity contribution is 5.94. The van der Waals surface area contributed by atoms with Crippen molar-refractivity contribution in [3.63, 3.8) is 0 Å². The molecule has 0 aliphatic rings. The highest BCUT2D eigenvalue weighted by atomic mass is 16.1. The molecule has 0 aliphatic heterocycles. The fourth-order valence-electron chi connectivity index (χ4n) is 2.67. The van der Waals surface area contributed by atoms with Crippen LogP contribution < -0.4 is 10.2 Å². The van der Waals surface area contributed by atoms with Crippen LogP contribution in [0.25, 0.3) is 0 Å². The van der Waals surface area contributed by atoms with Gasteiger partial charge in [0.2, 0.25) is 5.95 Å². The molecule has 2 aromatic carbocycles. The third-order valence-electron chi connectivity index (χ3n) is 4.00. The lowest BCUT2D eigenvalue weighted by atomic mass is 10.1. The largest absolute Gasteiger partial charge is 0.325 e. The average Bonchev–Trinajstić information content (AvgIpc) is 2.63. The van der Waals surface area contributed by atoms with Crippen LogP contribution in [0.5, 0.6) is 0 Å². The van der Waals surface area contributed by atoms with E-state index in [1.165, 1.54) is 5.56 Å². The number of Topliss-reactive ketones (excluding diaryl/α,β-unsaturated/α-hetero) is 1. The van der Waals surface area contributed by atoms with Crippen LogP contribution in [0.1, 0.15) is 29.8 Å². The van der Waals surface area contributed by atoms with E-state index in [4.69, 9.17) is 0 Å². The molecule has 0 bridgehead atoms. The van der Waals surface area contributed by atoms with Crippen LogP contribution in [0.4, 0.5) is 23.1 Å². The molecule has 0 saturated carbocycles. The summed E-state index contributed by atoms with van der Waals surface area (Å²) in [4.78, 5) is 18.0. The lowest BCUT2D eigenvalue weighted by Crippen LogP contribution is -2.18. The second kappa shape index (κ2) is 7.74. The van der Waals surface area contributed by atoms with Crippen molar-refractivity contribution in [3.8, 4) is 0 Å². The molecule has 1 aromatic heterocycles. The van der Waals surface area contributed by atoms with Crippen molar-refractivity contribution in [2.75, 3.05) is 16.8 Å². The summed E-state index contributed by atoms with van der Waals surface area (Å²) in [6, 6.07) is 15.4. The van der Waals surface area contributed by atoms with Gasteiger partial charge in [-0.05, 0) is 62.7 Å². The molecule has 26 heavy (non-hydrogen) atoms. The summed E-state index contributed by atoms with van der Waals surface area (Å²) in [6.07, 6.45) is 1.65. The smallest absolute Gasteiger partial charge is 0.249 e. The van der Waals surface area contributed by atoms with Crippen molar-refractivity contribution in [2.24, 2.45) is 0 Å². The zero-order valence-electron chi connectivity index (χ0n) is 15.1. The van der Waals surface area contributed by atoms with Crippen molar-refractivity contribution in [1.29, 1.82) is 0 Å². The fraction of sp³-hybridized carbons (Fsp3) is 0.200. The van der Waals surface area contributed by atoms with Gasteiger partial charge >= 0.3 is 0 Å². The Kier molecular flexibility index (Phi) is 5.22. The van der Waals surface area contributed by atoms with Gasteiger partial charge in [-0.15, -0.1) is 5.10 Å². The van der Waals surface area contributed by atoms with Gasteiger partial charge in [-0.2, -0.15) is 10.1 Å². The van der Waals surface area contributed by atoms with Crippen molar-refractivity contribution in [1.82, 2.24) is 15.2 Å². The predicted molar refractivity (Wildman–Crippen MR) is 103 cm³/mol. The van der Waals surface area contributed by atoms with Crippen molar-refractivity contribution in [2.45, 2.75) is 20.8 Å². The Morgan fingerprint density at radius 1 is 1.15 bits per heavy atom. The van der Waals surface area contributed by atoms with Gasteiger partial charge < -0.3 is 10.2 Å². The summed E-state index contributed by atoms with van der Waals surface area (Å²) < 4.78 is 0. The maximum Gasteiger partial charge on any atom is 0.249 e. The maximum absolute atomic E-state index is 11.4. The van der Waals surface area contributed by atoms with E-state index >= 15 is 0 Å². The molecule has 0 aliphatic carbocycles. The van der Waals surface area contributed by atoms with Crippen LogP contribution in [0.3, 0.4) is 0 Å². The Bertz CT molecular complexity index is 908. The normalized spacial score (nSPS) is 10.4. The molecule has 3 rings (SSSR count). The molecule has 0 radical (unpaired) electrons. The molecule has 0 atom stereocenters. The molecular weight excluding hydrogens is 326 g/mol. The van der Waals surface area contributed by atoms with Gasteiger partial charge in [-0.25, -0.2) is 0 Å². The number of carbonyl (C=O) groups excluding carboxylic acids is 1. The number of aromatic nitrogens is 3. The van der Waals surface area contributed by atoms with Crippen molar-refractivity contribution in [3.05, 3.63) is 65.9 Å². The third-order valence-corrected chi connectivity index (χ3v) is 4.00. The summed E-state index contributed by atoms with van der Waals surface area (Å²) in [7, 11) is 0. The summed E-state index contributed by atoms with van der Waals surface area (Å²) in [6.45, 7) is 6.43. The van der Waals surface area contributed by atoms with Gasteiger partial charge in [0.1, 0.15) is 0 Å². The molecule has 0 saturated heterocycles. The first-order valence-electron chi connectivity index (χ1n) is 8.49. The molecule has 3 aromatic rings. The molecule has 6 heteroatoms. The van der Waals surface area contributed by atoms with Crippen LogP contribution in [-0.4, -0.2) is 27.5 Å². The summed E-state index contributed by atoms with van der Waals surface area (Å²) in [5.41, 5.74) is 3.71. The van der Waals surface area contributed by atoms with Crippen LogP contribution in [0.15, 0.2) is 54.7 Å². The van der Waals surface area contributed by atoms with Crippen LogP contribution in [0.2, 0.25) is 0 Å². The standard InChI is InChI=1S/C20H21N5O/c1-4-25(18-7-5-6-14(2)12-18)19-13-21-24-20(23-19)22-17-10-8-16(9-11-17)15(3)26/h5-13H,4H2,1-3H3,(H,22,23,24). The number of ketones is 1. The number of aryl methyl sites for hydroxylation is 1. The molecule has 1 heterocycles. The summed E-state index contributed by atoms with van der Waals surface area (Å²) >= 11 is 0. The van der Waals surface area contributed by atoms with E-state index < -0.39 is 0 Å². The number of carbonyl (C=O) groups is 1. The first kappa shape index (κ1) is 17.5. The minimum Gasteiger partial charge on any atom is -0.325 e. The quantitative estimate of drug-likeness (QED) is 0.671. The predicted octanol–water partition coefficient (Wildman–Crippen LogP) is 4.28. The SMILES string of the molecule is CCN(c1cccc(C)c1)c1cnnc(Nc2ccc(C(C)=O)cc2)n1. The summed E-state index contributed by atoms with van der Waals surface area (Å²) in [5, 5.41) is 11.3. The number of hydrogen-bond donors (Lipinski definition) is 1. The van der Waals surface area contributed by atoms with E-state index in [1.54, 1.807) is 25.3 Å². The first-order chi connectivity index (χ1) is 12.6. The number of hydrogen-bond acceptors (Lipinski definition) is 6. The van der Waals surface area contributed by atoms with Gasteiger partial charge in [-0.3, -0.25) is 4.79 Å². The number of nitrogens with one attached hydrogen (secondary N) is 1. The van der Waals surface area contributed by atoms with E-state index in [-0.39, 0.29) is 5.78 Å². The maximum atomic E-state index is 11.4. The van der Waals surface area contributed by atoms with Gasteiger partial charge in [0, 0.05) is 23.5 Å². The zero-order valence-corrected chi connectivity index (χ0v) is 15.1. The number of rotatable bonds is 6. The van der Waals surface area contributed by atoms with Gasteiger partial charge in [0.05, 0.1) is 6.20 Å². The Hall–Kier alpha value is -3.28. The monoisotopic (exact) mass is 347 g/mol. The molecule has 0 unspecified atom stereocenters. The zero-order chi connectivity index (χ0) is 18.5. The summed E-state index contributed by atoms with van der Waals surface area (Å²) in [5.74, 6) is 1.16. The Morgan fingerprint density at radius 2 is 1.92 bits per heavy atom. The number of anilines is 4. The molecule has 0 spiro atoms. The second-order valence-corrected chi connectivity index (χ2v) is 5.98. The van der Waals surface area contributed by atoms with E-state index in [0.717, 1.165) is 23.7 Å². The lowest BCUT2D eigenvalue weighted by Gasteiger charge is -2.22. The van der Waals surface area contributed by atoms with Crippen molar-refractivity contribution < 1.29 is 4.79 Å². The lowest BCUT2D eigenvalue weighted by molar-refractivity contribution is 0.101. The number of nitrogens with zero attached hydrogens (tertiary/aromatic N) is 4. The van der Waals surface area contributed by atoms with E-state index in [9.17, 15) is 4.79 Å². The topological polar surface area (TPSA) is 71.0 Å². The van der Waals surface area contributed by atoms with Crippen LogP contribution in [-0.2, 0) is 0 Å². The molecule has 0 fully saturated rings. The third kappa shape index (κ3) is 4.03. The number of benzene rings is 2. The van der Waals surface area contributed by atoms with Gasteiger partial charge in [0.15, 0.2) is 11.6 Å². The highest BCUT2D eigenvalue weighted by Gasteiger charge is 2.11. The molecule has 132 valence electrons. The fourth-order valence-corrected chi connectivity index (χ4v) is 2.67. The Labute approximate surface area is 152 Å². The van der Waals surface area contributed by atoms with E-state index in [0.29, 0.717) is 11.5 Å². The molecule has 0 amide bonds. The van der Waals surface area contributed by atoms with Gasteiger partial charge in [0.25, 0.3) is 0 Å². The second-order valence-electron chi connectivity index (χ2n) is 5.98. The molecule has 6 nitrogen and oxygen atoms in total. The Balaban J connectivity index is 1.84.